The van der Waals surface area contributed by atoms with Crippen LogP contribution in [0.2, 0.25) is 0 Å². The lowest BCUT2D eigenvalue weighted by molar-refractivity contribution is -0.141. The molecule has 0 unspecified atom stereocenters. The van der Waals surface area contributed by atoms with Crippen molar-refractivity contribution in [1.29, 1.82) is 0 Å². The van der Waals surface area contributed by atoms with Gasteiger partial charge in [-0.2, -0.15) is 0 Å². The van der Waals surface area contributed by atoms with Crippen molar-refractivity contribution in [3.63, 3.8) is 0 Å². The summed E-state index contributed by atoms with van der Waals surface area (Å²) in [6.07, 6.45) is 1.45. The minimum Gasteiger partial charge on any atom is -0.352 e. The standard InChI is InChI=1S/C28H31BrN2O2/c1-21(2)30-28(33)26(19-23-12-7-4-8-13-23)31(20-24-14-9-15-25(29)18-24)27(32)17-16-22-10-5-3-6-11-22/h3-15,18,21,26H,16-17,19-20H2,1-2H3,(H,30,33)/t26-/m0/s1. The zero-order valence-corrected chi connectivity index (χ0v) is 20.8. The number of nitrogens with zero attached hydrogens (tertiary/aromatic N) is 1. The number of halogens is 1. The Hall–Kier alpha value is -2.92. The average molecular weight is 507 g/mol. The predicted octanol–water partition coefficient (Wildman–Crippen LogP) is 5.55. The van der Waals surface area contributed by atoms with Gasteiger partial charge in [-0.3, -0.25) is 9.59 Å². The summed E-state index contributed by atoms with van der Waals surface area (Å²) >= 11 is 3.52. The fraction of sp³-hybridized carbons (Fsp3) is 0.286. The number of amides is 2. The summed E-state index contributed by atoms with van der Waals surface area (Å²) in [5.74, 6) is -0.157. The molecule has 0 fully saturated rings. The first-order valence-electron chi connectivity index (χ1n) is 11.3. The van der Waals surface area contributed by atoms with Crippen LogP contribution < -0.4 is 5.32 Å². The number of benzene rings is 3. The first-order chi connectivity index (χ1) is 15.9. The van der Waals surface area contributed by atoms with Gasteiger partial charge in [0.15, 0.2) is 0 Å². The van der Waals surface area contributed by atoms with Gasteiger partial charge in [-0.25, -0.2) is 0 Å². The predicted molar refractivity (Wildman–Crippen MR) is 137 cm³/mol. The maximum atomic E-state index is 13.6. The van der Waals surface area contributed by atoms with Crippen LogP contribution >= 0.6 is 15.9 Å². The highest BCUT2D eigenvalue weighted by Crippen LogP contribution is 2.19. The lowest BCUT2D eigenvalue weighted by Gasteiger charge is -2.32. The third-order valence-electron chi connectivity index (χ3n) is 5.41. The van der Waals surface area contributed by atoms with E-state index in [9.17, 15) is 9.59 Å². The molecule has 0 saturated carbocycles. The number of carbonyl (C=O) groups excluding carboxylic acids is 2. The highest BCUT2D eigenvalue weighted by atomic mass is 79.9. The van der Waals surface area contributed by atoms with Crippen molar-refractivity contribution in [3.05, 3.63) is 106 Å². The molecule has 0 spiro atoms. The minimum atomic E-state index is -0.600. The number of hydrogen-bond acceptors (Lipinski definition) is 2. The second-order valence-corrected chi connectivity index (χ2v) is 9.42. The van der Waals surface area contributed by atoms with Gasteiger partial charge >= 0.3 is 0 Å². The van der Waals surface area contributed by atoms with Gasteiger partial charge in [0.05, 0.1) is 0 Å². The zero-order chi connectivity index (χ0) is 23.6. The van der Waals surface area contributed by atoms with Gasteiger partial charge < -0.3 is 10.2 Å². The number of rotatable bonds is 10. The van der Waals surface area contributed by atoms with Crippen LogP contribution in [0.5, 0.6) is 0 Å². The summed E-state index contributed by atoms with van der Waals surface area (Å²) in [6, 6.07) is 27.1. The molecule has 1 atom stereocenters. The van der Waals surface area contributed by atoms with Crippen LogP contribution in [0.25, 0.3) is 0 Å². The summed E-state index contributed by atoms with van der Waals surface area (Å²) in [6.45, 7) is 4.25. The molecule has 172 valence electrons. The highest BCUT2D eigenvalue weighted by Gasteiger charge is 2.30. The van der Waals surface area contributed by atoms with E-state index in [4.69, 9.17) is 0 Å². The van der Waals surface area contributed by atoms with E-state index in [0.29, 0.717) is 25.8 Å². The third kappa shape index (κ3) is 7.86. The maximum Gasteiger partial charge on any atom is 0.243 e. The summed E-state index contributed by atoms with van der Waals surface area (Å²) in [4.78, 5) is 28.6. The second kappa shape index (κ2) is 12.4. The molecule has 0 heterocycles. The Morgan fingerprint density at radius 3 is 2.06 bits per heavy atom. The Labute approximate surface area is 205 Å². The number of nitrogens with one attached hydrogen (secondary N) is 1. The highest BCUT2D eigenvalue weighted by molar-refractivity contribution is 9.10. The molecule has 0 radical (unpaired) electrons. The van der Waals surface area contributed by atoms with Gasteiger partial charge in [-0.05, 0) is 49.1 Å². The number of carbonyl (C=O) groups is 2. The average Bonchev–Trinajstić information content (AvgIpc) is 2.80. The van der Waals surface area contributed by atoms with Crippen LogP contribution in [0.3, 0.4) is 0 Å². The molecular weight excluding hydrogens is 476 g/mol. The SMILES string of the molecule is CC(C)NC(=O)[C@H](Cc1ccccc1)N(Cc1cccc(Br)c1)C(=O)CCc1ccccc1. The van der Waals surface area contributed by atoms with Crippen LogP contribution in [0.15, 0.2) is 89.4 Å². The molecule has 0 aliphatic rings. The molecule has 0 aromatic heterocycles. The fourth-order valence-corrected chi connectivity index (χ4v) is 4.25. The molecule has 0 bridgehead atoms. The molecule has 0 aliphatic heterocycles. The lowest BCUT2D eigenvalue weighted by atomic mass is 10.0. The minimum absolute atomic E-state index is 0.0112. The smallest absolute Gasteiger partial charge is 0.243 e. The van der Waals surface area contributed by atoms with Gasteiger partial charge in [0.2, 0.25) is 11.8 Å². The van der Waals surface area contributed by atoms with Crippen molar-refractivity contribution in [1.82, 2.24) is 10.2 Å². The summed E-state index contributed by atoms with van der Waals surface area (Å²) in [7, 11) is 0. The molecule has 4 nitrogen and oxygen atoms in total. The van der Waals surface area contributed by atoms with E-state index in [2.05, 4.69) is 21.2 Å². The summed E-state index contributed by atoms with van der Waals surface area (Å²) in [5, 5.41) is 3.03. The summed E-state index contributed by atoms with van der Waals surface area (Å²) in [5.41, 5.74) is 3.11. The fourth-order valence-electron chi connectivity index (χ4n) is 3.81. The molecule has 3 rings (SSSR count). The Morgan fingerprint density at radius 2 is 1.45 bits per heavy atom. The first kappa shape index (κ1) is 24.7. The van der Waals surface area contributed by atoms with E-state index < -0.39 is 6.04 Å². The Morgan fingerprint density at radius 1 is 0.848 bits per heavy atom. The molecule has 33 heavy (non-hydrogen) atoms. The molecule has 0 aliphatic carbocycles. The topological polar surface area (TPSA) is 49.4 Å². The Bertz CT molecular complexity index is 1040. The van der Waals surface area contributed by atoms with Crippen LogP contribution in [0.4, 0.5) is 0 Å². The molecular formula is C28H31BrN2O2. The van der Waals surface area contributed by atoms with E-state index in [1.54, 1.807) is 4.90 Å². The molecule has 1 N–H and O–H groups in total. The molecule has 0 saturated heterocycles. The molecule has 3 aromatic carbocycles. The van der Waals surface area contributed by atoms with Crippen molar-refractivity contribution in [2.45, 2.75) is 51.7 Å². The zero-order valence-electron chi connectivity index (χ0n) is 19.2. The van der Waals surface area contributed by atoms with Crippen molar-refractivity contribution in [2.75, 3.05) is 0 Å². The molecule has 3 aromatic rings. The normalized spacial score (nSPS) is 11.8. The monoisotopic (exact) mass is 506 g/mol. The lowest BCUT2D eigenvalue weighted by Crippen LogP contribution is -2.51. The van der Waals surface area contributed by atoms with Crippen LogP contribution in [-0.2, 0) is 29.0 Å². The quantitative estimate of drug-likeness (QED) is 0.392. The molecule has 5 heteroatoms. The van der Waals surface area contributed by atoms with Gasteiger partial charge in [-0.1, -0.05) is 88.7 Å². The van der Waals surface area contributed by atoms with Crippen molar-refractivity contribution >= 4 is 27.7 Å². The van der Waals surface area contributed by atoms with E-state index in [1.807, 2.05) is 98.8 Å². The van der Waals surface area contributed by atoms with E-state index in [-0.39, 0.29) is 17.9 Å². The number of aryl methyl sites for hydroxylation is 1. The van der Waals surface area contributed by atoms with Crippen molar-refractivity contribution < 1.29 is 9.59 Å². The van der Waals surface area contributed by atoms with Crippen LogP contribution in [-0.4, -0.2) is 28.8 Å². The first-order valence-corrected chi connectivity index (χ1v) is 12.1. The van der Waals surface area contributed by atoms with E-state index in [1.165, 1.54) is 0 Å². The van der Waals surface area contributed by atoms with E-state index >= 15 is 0 Å². The maximum absolute atomic E-state index is 13.6. The molecule has 2 amide bonds. The summed E-state index contributed by atoms with van der Waals surface area (Å²) < 4.78 is 0.947. The van der Waals surface area contributed by atoms with Gasteiger partial charge in [0.1, 0.15) is 6.04 Å². The van der Waals surface area contributed by atoms with Crippen LogP contribution in [0.1, 0.15) is 37.0 Å². The van der Waals surface area contributed by atoms with Crippen LogP contribution in [0, 0.1) is 0 Å². The Balaban J connectivity index is 1.90. The van der Waals surface area contributed by atoms with Gasteiger partial charge in [0.25, 0.3) is 0 Å². The van der Waals surface area contributed by atoms with Crippen molar-refractivity contribution in [2.24, 2.45) is 0 Å². The number of hydrogen-bond donors (Lipinski definition) is 1. The third-order valence-corrected chi connectivity index (χ3v) is 5.91. The Kier molecular flexibility index (Phi) is 9.25. The van der Waals surface area contributed by atoms with Crippen molar-refractivity contribution in [3.8, 4) is 0 Å². The van der Waals surface area contributed by atoms with Gasteiger partial charge in [-0.15, -0.1) is 0 Å². The van der Waals surface area contributed by atoms with Gasteiger partial charge in [0, 0.05) is 29.9 Å². The largest absolute Gasteiger partial charge is 0.352 e. The van der Waals surface area contributed by atoms with E-state index in [0.717, 1.165) is 21.2 Å². The second-order valence-electron chi connectivity index (χ2n) is 8.51.